The van der Waals surface area contributed by atoms with E-state index in [-0.39, 0.29) is 0 Å². The number of aryl methyl sites for hydroxylation is 2. The fourth-order valence-corrected chi connectivity index (χ4v) is 1.59. The number of pyridine rings is 1. The highest BCUT2D eigenvalue weighted by Gasteiger charge is 2.08. The van der Waals surface area contributed by atoms with Gasteiger partial charge in [0.1, 0.15) is 12.4 Å². The summed E-state index contributed by atoms with van der Waals surface area (Å²) in [7, 11) is 0. The molecule has 0 aliphatic carbocycles. The van der Waals surface area contributed by atoms with Crippen LogP contribution in [0.5, 0.6) is 0 Å². The Kier molecular flexibility index (Phi) is 2.97. The van der Waals surface area contributed by atoms with Gasteiger partial charge < -0.3 is 5.32 Å². The van der Waals surface area contributed by atoms with Crippen molar-refractivity contribution < 1.29 is 0 Å². The van der Waals surface area contributed by atoms with E-state index in [1.54, 1.807) is 12.4 Å². The maximum Gasteiger partial charge on any atom is 0.115 e. The zero-order valence-corrected chi connectivity index (χ0v) is 9.60. The first-order valence-corrected chi connectivity index (χ1v) is 5.11. The van der Waals surface area contributed by atoms with Gasteiger partial charge in [-0.1, -0.05) is 0 Å². The molecule has 0 amide bonds. The molecule has 5 heteroatoms. The summed E-state index contributed by atoms with van der Waals surface area (Å²) in [4.78, 5) is 12.1. The first-order chi connectivity index (χ1) is 8.20. The van der Waals surface area contributed by atoms with Gasteiger partial charge in [0.25, 0.3) is 0 Å². The van der Waals surface area contributed by atoms with E-state index >= 15 is 0 Å². The zero-order chi connectivity index (χ0) is 12.3. The Morgan fingerprint density at radius 3 is 2.59 bits per heavy atom. The minimum absolute atomic E-state index is 0.541. The van der Waals surface area contributed by atoms with Crippen molar-refractivity contribution >= 4 is 11.4 Å². The van der Waals surface area contributed by atoms with E-state index in [2.05, 4.69) is 26.3 Å². The van der Waals surface area contributed by atoms with E-state index in [9.17, 15) is 0 Å². The third kappa shape index (κ3) is 2.37. The van der Waals surface area contributed by atoms with E-state index in [1.807, 2.05) is 19.9 Å². The average Bonchev–Trinajstić information content (AvgIpc) is 2.30. The maximum absolute atomic E-state index is 9.11. The molecule has 2 rings (SSSR count). The number of nitrogens with one attached hydrogen (secondary N) is 1. The maximum atomic E-state index is 9.11. The molecule has 2 aromatic heterocycles. The summed E-state index contributed by atoms with van der Waals surface area (Å²) in [6, 6.07) is 3.98. The fourth-order valence-electron chi connectivity index (χ4n) is 1.59. The molecular weight excluding hydrogens is 214 g/mol. The molecule has 84 valence electrons. The fraction of sp³-hybridized carbons (Fsp3) is 0.167. The molecule has 0 aliphatic rings. The van der Waals surface area contributed by atoms with Crippen molar-refractivity contribution in [3.8, 4) is 6.07 Å². The standard InChI is InChI=1S/C12H11N5/c1-8-3-12(11(4-13)9(2)16-8)17-10-5-14-7-15-6-10/h3,5-7H,1-2H3,(H,16,17). The van der Waals surface area contributed by atoms with Crippen molar-refractivity contribution in [1.29, 1.82) is 5.26 Å². The van der Waals surface area contributed by atoms with Crippen LogP contribution in [0.3, 0.4) is 0 Å². The van der Waals surface area contributed by atoms with Gasteiger partial charge in [-0.25, -0.2) is 9.97 Å². The van der Waals surface area contributed by atoms with Crippen molar-refractivity contribution in [2.75, 3.05) is 5.32 Å². The Bertz CT molecular complexity index is 571. The smallest absolute Gasteiger partial charge is 0.115 e. The molecule has 0 fully saturated rings. The Hall–Kier alpha value is -2.48. The molecule has 1 N–H and O–H groups in total. The van der Waals surface area contributed by atoms with Gasteiger partial charge in [0.05, 0.1) is 35.0 Å². The van der Waals surface area contributed by atoms with Crippen LogP contribution in [0.25, 0.3) is 0 Å². The number of anilines is 2. The average molecular weight is 225 g/mol. The van der Waals surface area contributed by atoms with Crippen LogP contribution in [0.4, 0.5) is 11.4 Å². The zero-order valence-electron chi connectivity index (χ0n) is 9.60. The molecule has 2 aromatic rings. The summed E-state index contributed by atoms with van der Waals surface area (Å²) in [5, 5.41) is 12.2. The van der Waals surface area contributed by atoms with Crippen molar-refractivity contribution in [1.82, 2.24) is 15.0 Å². The lowest BCUT2D eigenvalue weighted by atomic mass is 10.1. The first kappa shape index (κ1) is 11.0. The van der Waals surface area contributed by atoms with Gasteiger partial charge in [-0.05, 0) is 19.9 Å². The third-order valence-electron chi connectivity index (χ3n) is 2.28. The van der Waals surface area contributed by atoms with E-state index in [0.717, 1.165) is 17.1 Å². The molecule has 0 bridgehead atoms. The van der Waals surface area contributed by atoms with Gasteiger partial charge in [0.15, 0.2) is 0 Å². The number of rotatable bonds is 2. The second-order valence-corrected chi connectivity index (χ2v) is 3.64. The lowest BCUT2D eigenvalue weighted by molar-refractivity contribution is 1.11. The first-order valence-electron chi connectivity index (χ1n) is 5.11. The van der Waals surface area contributed by atoms with Crippen molar-refractivity contribution in [2.45, 2.75) is 13.8 Å². The van der Waals surface area contributed by atoms with Gasteiger partial charge in [-0.3, -0.25) is 4.98 Å². The van der Waals surface area contributed by atoms with Gasteiger partial charge in [0, 0.05) is 5.69 Å². The van der Waals surface area contributed by atoms with E-state index in [4.69, 9.17) is 5.26 Å². The normalized spacial score (nSPS) is 9.71. The molecule has 2 heterocycles. The largest absolute Gasteiger partial charge is 0.352 e. The second-order valence-electron chi connectivity index (χ2n) is 3.64. The molecule has 0 aliphatic heterocycles. The highest BCUT2D eigenvalue weighted by Crippen LogP contribution is 2.22. The van der Waals surface area contributed by atoms with Crippen molar-refractivity contribution in [3.63, 3.8) is 0 Å². The highest BCUT2D eigenvalue weighted by molar-refractivity contribution is 5.66. The van der Waals surface area contributed by atoms with E-state index in [1.165, 1.54) is 6.33 Å². The lowest BCUT2D eigenvalue weighted by Crippen LogP contribution is -2.00. The predicted octanol–water partition coefficient (Wildman–Crippen LogP) is 2.10. The molecule has 0 spiro atoms. The Balaban J connectivity index is 2.43. The quantitative estimate of drug-likeness (QED) is 0.847. The van der Waals surface area contributed by atoms with Crippen LogP contribution in [-0.2, 0) is 0 Å². The number of hydrogen-bond donors (Lipinski definition) is 1. The molecule has 0 atom stereocenters. The van der Waals surface area contributed by atoms with E-state index < -0.39 is 0 Å². The van der Waals surface area contributed by atoms with Crippen LogP contribution in [-0.4, -0.2) is 15.0 Å². The molecule has 5 nitrogen and oxygen atoms in total. The van der Waals surface area contributed by atoms with E-state index in [0.29, 0.717) is 11.3 Å². The summed E-state index contributed by atoms with van der Waals surface area (Å²) in [6.45, 7) is 3.71. The van der Waals surface area contributed by atoms with Crippen LogP contribution < -0.4 is 5.32 Å². The topological polar surface area (TPSA) is 74.5 Å². The van der Waals surface area contributed by atoms with Gasteiger partial charge in [0.2, 0.25) is 0 Å². The van der Waals surface area contributed by atoms with Crippen LogP contribution in [0.2, 0.25) is 0 Å². The van der Waals surface area contributed by atoms with Crippen LogP contribution >= 0.6 is 0 Å². The molecule has 0 radical (unpaired) electrons. The number of hydrogen-bond acceptors (Lipinski definition) is 5. The number of nitriles is 1. The Morgan fingerprint density at radius 1 is 1.24 bits per heavy atom. The van der Waals surface area contributed by atoms with Crippen LogP contribution in [0.1, 0.15) is 17.0 Å². The molecule has 0 saturated carbocycles. The van der Waals surface area contributed by atoms with Crippen LogP contribution in [0.15, 0.2) is 24.8 Å². The summed E-state index contributed by atoms with van der Waals surface area (Å²) in [6.07, 6.45) is 4.76. The van der Waals surface area contributed by atoms with Gasteiger partial charge in [-0.15, -0.1) is 0 Å². The van der Waals surface area contributed by atoms with Crippen LogP contribution in [0, 0.1) is 25.2 Å². The molecule has 17 heavy (non-hydrogen) atoms. The minimum Gasteiger partial charge on any atom is -0.352 e. The second kappa shape index (κ2) is 4.58. The predicted molar refractivity (Wildman–Crippen MR) is 63.7 cm³/mol. The SMILES string of the molecule is Cc1cc(Nc2cncnc2)c(C#N)c(C)n1. The van der Waals surface area contributed by atoms with Crippen molar-refractivity contribution in [3.05, 3.63) is 41.7 Å². The summed E-state index contributed by atoms with van der Waals surface area (Å²) in [5.41, 5.74) is 3.59. The number of nitrogens with zero attached hydrogens (tertiary/aromatic N) is 4. The van der Waals surface area contributed by atoms with Crippen molar-refractivity contribution in [2.24, 2.45) is 0 Å². The van der Waals surface area contributed by atoms with Gasteiger partial charge >= 0.3 is 0 Å². The molecular formula is C12H11N5. The Morgan fingerprint density at radius 2 is 1.94 bits per heavy atom. The third-order valence-corrected chi connectivity index (χ3v) is 2.28. The molecule has 0 saturated heterocycles. The lowest BCUT2D eigenvalue weighted by Gasteiger charge is -2.09. The molecule has 0 aromatic carbocycles. The van der Waals surface area contributed by atoms with Gasteiger partial charge in [-0.2, -0.15) is 5.26 Å². The summed E-state index contributed by atoms with van der Waals surface area (Å²) in [5.74, 6) is 0. The summed E-state index contributed by atoms with van der Waals surface area (Å²) < 4.78 is 0. The highest BCUT2D eigenvalue weighted by atomic mass is 14.9. The minimum atomic E-state index is 0.541. The monoisotopic (exact) mass is 225 g/mol. The summed E-state index contributed by atoms with van der Waals surface area (Å²) >= 11 is 0. The Labute approximate surface area is 99.2 Å². The molecule has 0 unspecified atom stereocenters. The number of aromatic nitrogens is 3.